The van der Waals surface area contributed by atoms with Gasteiger partial charge in [-0.1, -0.05) is 44.0 Å². The second-order valence-corrected chi connectivity index (χ2v) is 5.22. The Hall–Kier alpha value is -1.13. The SMILES string of the molecule is Brc1cccc(N=CNc2cccc(Br)c2)c1. The zero-order valence-corrected chi connectivity index (χ0v) is 12.1. The molecule has 2 nitrogen and oxygen atoms in total. The highest BCUT2D eigenvalue weighted by Crippen LogP contribution is 2.18. The molecule has 17 heavy (non-hydrogen) atoms. The lowest BCUT2D eigenvalue weighted by atomic mass is 10.3. The van der Waals surface area contributed by atoms with Crippen LogP contribution < -0.4 is 5.32 Å². The molecule has 0 fully saturated rings. The molecule has 0 aliphatic rings. The van der Waals surface area contributed by atoms with Gasteiger partial charge >= 0.3 is 0 Å². The van der Waals surface area contributed by atoms with Gasteiger partial charge in [-0.15, -0.1) is 0 Å². The number of anilines is 1. The molecule has 0 saturated heterocycles. The number of aliphatic imine (C=N–C) groups is 1. The number of hydrogen-bond acceptors (Lipinski definition) is 1. The predicted molar refractivity (Wildman–Crippen MR) is 80.1 cm³/mol. The van der Waals surface area contributed by atoms with Gasteiger partial charge in [0.25, 0.3) is 0 Å². The molecule has 0 atom stereocenters. The van der Waals surface area contributed by atoms with Crippen LogP contribution in [0.2, 0.25) is 0 Å². The summed E-state index contributed by atoms with van der Waals surface area (Å²) in [7, 11) is 0. The van der Waals surface area contributed by atoms with Gasteiger partial charge in [0.1, 0.15) is 0 Å². The summed E-state index contributed by atoms with van der Waals surface area (Å²) < 4.78 is 2.06. The maximum Gasteiger partial charge on any atom is 0.0930 e. The quantitative estimate of drug-likeness (QED) is 0.610. The Morgan fingerprint density at radius 3 is 2.35 bits per heavy atom. The highest BCUT2D eigenvalue weighted by atomic mass is 79.9. The highest BCUT2D eigenvalue weighted by molar-refractivity contribution is 9.10. The molecule has 0 aliphatic carbocycles. The van der Waals surface area contributed by atoms with Crippen LogP contribution in [0, 0.1) is 0 Å². The van der Waals surface area contributed by atoms with Crippen LogP contribution in [0.15, 0.2) is 62.5 Å². The molecule has 86 valence electrons. The van der Waals surface area contributed by atoms with Gasteiger partial charge in [0.05, 0.1) is 12.0 Å². The number of nitrogens with zero attached hydrogens (tertiary/aromatic N) is 1. The van der Waals surface area contributed by atoms with Crippen molar-refractivity contribution in [3.63, 3.8) is 0 Å². The second kappa shape index (κ2) is 5.98. The average molecular weight is 354 g/mol. The van der Waals surface area contributed by atoms with E-state index in [0.29, 0.717) is 0 Å². The zero-order valence-electron chi connectivity index (χ0n) is 8.90. The molecular weight excluding hydrogens is 344 g/mol. The Kier molecular flexibility index (Phi) is 4.34. The molecule has 0 spiro atoms. The van der Waals surface area contributed by atoms with Gasteiger partial charge in [-0.3, -0.25) is 0 Å². The van der Waals surface area contributed by atoms with Gasteiger partial charge in [0, 0.05) is 14.6 Å². The lowest BCUT2D eigenvalue weighted by molar-refractivity contribution is 1.50. The van der Waals surface area contributed by atoms with Crippen molar-refractivity contribution in [2.45, 2.75) is 0 Å². The van der Waals surface area contributed by atoms with Gasteiger partial charge in [-0.2, -0.15) is 0 Å². The molecule has 0 unspecified atom stereocenters. The highest BCUT2D eigenvalue weighted by Gasteiger charge is 1.91. The molecular formula is C13H10Br2N2. The van der Waals surface area contributed by atoms with Crippen molar-refractivity contribution in [2.24, 2.45) is 4.99 Å². The summed E-state index contributed by atoms with van der Waals surface area (Å²) in [4.78, 5) is 4.31. The van der Waals surface area contributed by atoms with Crippen molar-refractivity contribution in [3.8, 4) is 0 Å². The lowest BCUT2D eigenvalue weighted by Gasteiger charge is -2.00. The van der Waals surface area contributed by atoms with E-state index in [9.17, 15) is 0 Å². The second-order valence-electron chi connectivity index (χ2n) is 3.39. The first-order chi connectivity index (χ1) is 8.24. The van der Waals surface area contributed by atoms with Crippen molar-refractivity contribution >= 4 is 49.6 Å². The van der Waals surface area contributed by atoms with E-state index in [2.05, 4.69) is 42.2 Å². The first-order valence-corrected chi connectivity index (χ1v) is 6.63. The smallest absolute Gasteiger partial charge is 0.0930 e. The Balaban J connectivity index is 2.03. The molecule has 0 aliphatic heterocycles. The maximum atomic E-state index is 4.31. The number of rotatable bonds is 3. The molecule has 0 radical (unpaired) electrons. The normalized spacial score (nSPS) is 10.7. The van der Waals surface area contributed by atoms with E-state index in [-0.39, 0.29) is 0 Å². The van der Waals surface area contributed by atoms with E-state index in [4.69, 9.17) is 0 Å². The van der Waals surface area contributed by atoms with Gasteiger partial charge < -0.3 is 5.32 Å². The number of halogens is 2. The third-order valence-corrected chi connectivity index (χ3v) is 3.06. The van der Waals surface area contributed by atoms with E-state index in [1.54, 1.807) is 6.34 Å². The fourth-order valence-corrected chi connectivity index (χ4v) is 2.10. The van der Waals surface area contributed by atoms with Gasteiger partial charge in [0.15, 0.2) is 0 Å². The first-order valence-electron chi connectivity index (χ1n) is 5.04. The summed E-state index contributed by atoms with van der Waals surface area (Å²) in [5, 5.41) is 3.12. The standard InChI is InChI=1S/C13H10Br2N2/c14-10-3-1-5-12(7-10)16-9-17-13-6-2-4-11(15)8-13/h1-9H,(H,16,17). The summed E-state index contributed by atoms with van der Waals surface area (Å²) >= 11 is 6.83. The van der Waals surface area contributed by atoms with Crippen molar-refractivity contribution in [3.05, 3.63) is 57.5 Å². The number of nitrogens with one attached hydrogen (secondary N) is 1. The first kappa shape index (κ1) is 12.3. The summed E-state index contributed by atoms with van der Waals surface area (Å²) in [5.41, 5.74) is 1.90. The van der Waals surface area contributed by atoms with E-state index in [1.807, 2.05) is 48.5 Å². The van der Waals surface area contributed by atoms with Crippen molar-refractivity contribution in [2.75, 3.05) is 5.32 Å². The van der Waals surface area contributed by atoms with E-state index in [0.717, 1.165) is 20.3 Å². The van der Waals surface area contributed by atoms with Crippen molar-refractivity contribution < 1.29 is 0 Å². The van der Waals surface area contributed by atoms with Crippen LogP contribution in [0.5, 0.6) is 0 Å². The van der Waals surface area contributed by atoms with E-state index in [1.165, 1.54) is 0 Å². The minimum Gasteiger partial charge on any atom is -0.346 e. The van der Waals surface area contributed by atoms with Gasteiger partial charge in [-0.25, -0.2) is 4.99 Å². The minimum atomic E-state index is 0.905. The third kappa shape index (κ3) is 3.98. The Labute approximate surface area is 117 Å². The molecule has 0 bridgehead atoms. The zero-order chi connectivity index (χ0) is 12.1. The topological polar surface area (TPSA) is 24.4 Å². The molecule has 0 saturated carbocycles. The van der Waals surface area contributed by atoms with Crippen LogP contribution >= 0.6 is 31.9 Å². The largest absolute Gasteiger partial charge is 0.346 e. The number of benzene rings is 2. The third-order valence-electron chi connectivity index (χ3n) is 2.08. The maximum absolute atomic E-state index is 4.31. The summed E-state index contributed by atoms with van der Waals surface area (Å²) in [6, 6.07) is 15.8. The van der Waals surface area contributed by atoms with Gasteiger partial charge in [-0.05, 0) is 36.4 Å². The molecule has 0 amide bonds. The Morgan fingerprint density at radius 2 is 1.65 bits per heavy atom. The summed E-state index contributed by atoms with van der Waals surface area (Å²) in [6.45, 7) is 0. The number of hydrogen-bond donors (Lipinski definition) is 1. The van der Waals surface area contributed by atoms with Crippen LogP contribution in [0.25, 0.3) is 0 Å². The fraction of sp³-hybridized carbons (Fsp3) is 0. The summed E-state index contributed by atoms with van der Waals surface area (Å²) in [5.74, 6) is 0. The summed E-state index contributed by atoms with van der Waals surface area (Å²) in [6.07, 6.45) is 1.68. The van der Waals surface area contributed by atoms with Crippen molar-refractivity contribution in [1.82, 2.24) is 0 Å². The monoisotopic (exact) mass is 352 g/mol. The van der Waals surface area contributed by atoms with E-state index < -0.39 is 0 Å². The fourth-order valence-electron chi connectivity index (χ4n) is 1.32. The molecule has 0 aromatic heterocycles. The van der Waals surface area contributed by atoms with Crippen LogP contribution in [-0.2, 0) is 0 Å². The lowest BCUT2D eigenvalue weighted by Crippen LogP contribution is -1.93. The molecule has 2 aromatic carbocycles. The van der Waals surface area contributed by atoms with E-state index >= 15 is 0 Å². The predicted octanol–water partition coefficient (Wildman–Crippen LogP) is 4.98. The molecule has 2 rings (SSSR count). The Morgan fingerprint density at radius 1 is 0.941 bits per heavy atom. The van der Waals surface area contributed by atoms with Crippen LogP contribution in [0.3, 0.4) is 0 Å². The van der Waals surface area contributed by atoms with Crippen molar-refractivity contribution in [1.29, 1.82) is 0 Å². The molecule has 1 N–H and O–H groups in total. The average Bonchev–Trinajstić information content (AvgIpc) is 2.29. The van der Waals surface area contributed by atoms with Gasteiger partial charge in [0.2, 0.25) is 0 Å². The molecule has 4 heteroatoms. The van der Waals surface area contributed by atoms with Crippen LogP contribution in [0.4, 0.5) is 11.4 Å². The molecule has 0 heterocycles. The molecule has 2 aromatic rings. The van der Waals surface area contributed by atoms with Crippen LogP contribution in [0.1, 0.15) is 0 Å². The minimum absolute atomic E-state index is 0.905. The van der Waals surface area contributed by atoms with Crippen LogP contribution in [-0.4, -0.2) is 6.34 Å². The Bertz CT molecular complexity index is 538.